The molecule has 0 heterocycles. The fourth-order valence-electron chi connectivity index (χ4n) is 2.31. The van der Waals surface area contributed by atoms with Crippen molar-refractivity contribution >= 4 is 5.78 Å². The fourth-order valence-corrected chi connectivity index (χ4v) is 2.31. The molecule has 1 heteroatoms. The number of carbonyl (C=O) groups is 1. The van der Waals surface area contributed by atoms with Gasteiger partial charge >= 0.3 is 0 Å². The lowest BCUT2D eigenvalue weighted by Gasteiger charge is -2.12. The van der Waals surface area contributed by atoms with Gasteiger partial charge in [-0.05, 0) is 17.5 Å². The summed E-state index contributed by atoms with van der Waals surface area (Å²) in [6.45, 7) is 3.86. The predicted molar refractivity (Wildman–Crippen MR) is 83.8 cm³/mol. The highest BCUT2D eigenvalue weighted by molar-refractivity contribution is 5.79. The van der Waals surface area contributed by atoms with Gasteiger partial charge < -0.3 is 0 Å². The number of hydrogen-bond donors (Lipinski definition) is 0. The largest absolute Gasteiger partial charge is 0.300 e. The first-order valence-electron chi connectivity index (χ1n) is 7.02. The molecule has 0 spiro atoms. The normalized spacial score (nSPS) is 11.8. The molecular weight excluding hydrogens is 244 g/mol. The molecule has 0 aromatic heterocycles. The van der Waals surface area contributed by atoms with Gasteiger partial charge in [0.25, 0.3) is 0 Å². The summed E-state index contributed by atoms with van der Waals surface area (Å²) in [4.78, 5) is 12.1. The third kappa shape index (κ3) is 4.20. The molecule has 0 fully saturated rings. The van der Waals surface area contributed by atoms with Crippen LogP contribution in [0.25, 0.3) is 0 Å². The molecule has 2 rings (SSSR count). The van der Waals surface area contributed by atoms with Gasteiger partial charge in [-0.2, -0.15) is 0 Å². The predicted octanol–water partition coefficient (Wildman–Crippen LogP) is 4.55. The molecule has 1 unspecified atom stereocenters. The van der Waals surface area contributed by atoms with Crippen LogP contribution in [0.15, 0.2) is 73.3 Å². The Morgan fingerprint density at radius 3 is 2.20 bits per heavy atom. The van der Waals surface area contributed by atoms with Crippen LogP contribution in [0.4, 0.5) is 0 Å². The molecule has 0 radical (unpaired) electrons. The van der Waals surface area contributed by atoms with E-state index in [1.807, 2.05) is 42.5 Å². The zero-order valence-electron chi connectivity index (χ0n) is 11.7. The molecule has 0 saturated carbocycles. The fraction of sp³-hybridized carbons (Fsp3) is 0.211. The lowest BCUT2D eigenvalue weighted by molar-refractivity contribution is -0.119. The first-order chi connectivity index (χ1) is 9.79. The van der Waals surface area contributed by atoms with Crippen LogP contribution >= 0.6 is 0 Å². The smallest absolute Gasteiger partial charge is 0.134 e. The summed E-state index contributed by atoms with van der Waals surface area (Å²) in [6.07, 6.45) is 3.83. The molecule has 20 heavy (non-hydrogen) atoms. The van der Waals surface area contributed by atoms with Crippen molar-refractivity contribution in [2.45, 2.75) is 25.2 Å². The second-order valence-electron chi connectivity index (χ2n) is 4.98. The lowest BCUT2D eigenvalue weighted by Crippen LogP contribution is -2.06. The van der Waals surface area contributed by atoms with Gasteiger partial charge in [-0.3, -0.25) is 4.79 Å². The first-order valence-corrected chi connectivity index (χ1v) is 7.02. The molecule has 2 aromatic carbocycles. The summed E-state index contributed by atoms with van der Waals surface area (Å²) < 4.78 is 0. The van der Waals surface area contributed by atoms with Gasteiger partial charge in [0.15, 0.2) is 0 Å². The quantitative estimate of drug-likeness (QED) is 0.671. The molecule has 0 N–H and O–H groups in total. The van der Waals surface area contributed by atoms with E-state index < -0.39 is 0 Å². The van der Waals surface area contributed by atoms with Crippen molar-refractivity contribution in [3.05, 3.63) is 84.4 Å². The van der Waals surface area contributed by atoms with Crippen LogP contribution in [0.5, 0.6) is 0 Å². The van der Waals surface area contributed by atoms with Crippen molar-refractivity contribution in [2.75, 3.05) is 0 Å². The minimum atomic E-state index is 0.125. The highest BCUT2D eigenvalue weighted by Crippen LogP contribution is 2.21. The molecular formula is C19H20O. The van der Waals surface area contributed by atoms with Crippen LogP contribution in [0.3, 0.4) is 0 Å². The van der Waals surface area contributed by atoms with Crippen molar-refractivity contribution in [3.8, 4) is 0 Å². The summed E-state index contributed by atoms with van der Waals surface area (Å²) >= 11 is 0. The highest BCUT2D eigenvalue weighted by Gasteiger charge is 2.12. The van der Waals surface area contributed by atoms with Gasteiger partial charge in [0.2, 0.25) is 0 Å². The molecule has 0 amide bonds. The Morgan fingerprint density at radius 2 is 1.60 bits per heavy atom. The van der Waals surface area contributed by atoms with Crippen LogP contribution in [0.2, 0.25) is 0 Å². The summed E-state index contributed by atoms with van der Waals surface area (Å²) in [6, 6.07) is 20.2. The summed E-state index contributed by atoms with van der Waals surface area (Å²) in [5, 5.41) is 0. The van der Waals surface area contributed by atoms with Gasteiger partial charge in [-0.15, -0.1) is 6.58 Å². The Bertz CT molecular complexity index is 542. The topological polar surface area (TPSA) is 17.1 Å². The van der Waals surface area contributed by atoms with Crippen molar-refractivity contribution in [1.82, 2.24) is 0 Å². The zero-order chi connectivity index (χ0) is 14.2. The SMILES string of the molecule is C=CC(CC(=O)CCc1ccccc1)c1ccccc1. The van der Waals surface area contributed by atoms with Crippen LogP contribution in [-0.4, -0.2) is 5.78 Å². The Morgan fingerprint density at radius 1 is 1.00 bits per heavy atom. The third-order valence-corrected chi connectivity index (χ3v) is 3.50. The summed E-state index contributed by atoms with van der Waals surface area (Å²) in [7, 11) is 0. The Hall–Kier alpha value is -2.15. The van der Waals surface area contributed by atoms with Gasteiger partial charge in [-0.25, -0.2) is 0 Å². The Balaban J connectivity index is 1.88. The molecule has 2 aromatic rings. The second-order valence-corrected chi connectivity index (χ2v) is 4.98. The standard InChI is InChI=1S/C19H20O/c1-2-17(18-11-7-4-8-12-18)15-19(20)14-13-16-9-5-3-6-10-16/h2-12,17H,1,13-15H2. The number of aryl methyl sites for hydroxylation is 1. The van der Waals surface area contributed by atoms with Crippen molar-refractivity contribution in [1.29, 1.82) is 0 Å². The van der Waals surface area contributed by atoms with Gasteiger partial charge in [0, 0.05) is 18.8 Å². The Kier molecular flexibility index (Phi) is 5.31. The summed E-state index contributed by atoms with van der Waals surface area (Å²) in [5.41, 5.74) is 2.38. The van der Waals surface area contributed by atoms with Crippen molar-refractivity contribution in [3.63, 3.8) is 0 Å². The van der Waals surface area contributed by atoms with E-state index in [1.54, 1.807) is 0 Å². The monoisotopic (exact) mass is 264 g/mol. The van der Waals surface area contributed by atoms with Crippen LogP contribution < -0.4 is 0 Å². The van der Waals surface area contributed by atoms with Crippen molar-refractivity contribution in [2.24, 2.45) is 0 Å². The van der Waals surface area contributed by atoms with Crippen LogP contribution in [-0.2, 0) is 11.2 Å². The van der Waals surface area contributed by atoms with E-state index in [0.717, 1.165) is 12.0 Å². The summed E-state index contributed by atoms with van der Waals surface area (Å²) in [5.74, 6) is 0.419. The van der Waals surface area contributed by atoms with E-state index in [9.17, 15) is 4.79 Å². The molecule has 102 valence electrons. The van der Waals surface area contributed by atoms with E-state index in [-0.39, 0.29) is 5.92 Å². The molecule has 1 nitrogen and oxygen atoms in total. The van der Waals surface area contributed by atoms with E-state index in [0.29, 0.717) is 18.6 Å². The number of Topliss-reactive ketones (excluding diaryl/α,β-unsaturated/α-hetero) is 1. The van der Waals surface area contributed by atoms with Crippen LogP contribution in [0, 0.1) is 0 Å². The maximum atomic E-state index is 12.1. The maximum Gasteiger partial charge on any atom is 0.134 e. The van der Waals surface area contributed by atoms with Gasteiger partial charge in [0.1, 0.15) is 5.78 Å². The first kappa shape index (κ1) is 14.3. The van der Waals surface area contributed by atoms with Gasteiger partial charge in [-0.1, -0.05) is 66.7 Å². The second kappa shape index (κ2) is 7.44. The van der Waals surface area contributed by atoms with E-state index in [2.05, 4.69) is 30.8 Å². The minimum absolute atomic E-state index is 0.125. The molecule has 0 aliphatic rings. The lowest BCUT2D eigenvalue weighted by atomic mass is 9.92. The van der Waals surface area contributed by atoms with Crippen LogP contribution in [0.1, 0.15) is 29.9 Å². The average molecular weight is 264 g/mol. The molecule has 0 aliphatic carbocycles. The van der Waals surface area contributed by atoms with E-state index in [4.69, 9.17) is 0 Å². The third-order valence-electron chi connectivity index (χ3n) is 3.50. The number of hydrogen-bond acceptors (Lipinski definition) is 1. The molecule has 0 aliphatic heterocycles. The number of carbonyl (C=O) groups excluding carboxylic acids is 1. The number of benzene rings is 2. The highest BCUT2D eigenvalue weighted by atomic mass is 16.1. The Labute approximate surface area is 121 Å². The number of ketones is 1. The average Bonchev–Trinajstić information content (AvgIpc) is 2.52. The van der Waals surface area contributed by atoms with E-state index in [1.165, 1.54) is 5.56 Å². The molecule has 0 bridgehead atoms. The number of rotatable bonds is 7. The van der Waals surface area contributed by atoms with Gasteiger partial charge in [0.05, 0.1) is 0 Å². The minimum Gasteiger partial charge on any atom is -0.300 e. The number of allylic oxidation sites excluding steroid dienone is 1. The van der Waals surface area contributed by atoms with E-state index >= 15 is 0 Å². The maximum absolute atomic E-state index is 12.1. The molecule has 1 atom stereocenters. The molecule has 0 saturated heterocycles. The zero-order valence-corrected chi connectivity index (χ0v) is 11.7. The van der Waals surface area contributed by atoms with Crippen molar-refractivity contribution < 1.29 is 4.79 Å².